The molecule has 430 valence electrons. The zero-order chi connectivity index (χ0) is 57.9. The monoisotopic (exact) mass is 1120 g/mol. The fourth-order valence-electron chi connectivity index (χ4n) is 12.0. The Hall–Kier alpha value is -7.51. The standard InChI is InChI=1S/C58H66N6O17/c1-27(60-52(70)28(2)61-53(71)29(3)63(6)57(73)81-50-33-16-11-9-14-31(33)32-15-10-12-17-34(32)50)51(69)59-20-21-62(5)56(72)58(74)25-36-42(48(68)44-43(46(36)66)45(65)35-18-13-19-38(75-7)41(35)47(44)67)39(26-58)79-40-24-37-49(30(4)78-40)80-54-55(76-8)77-23-22-64(37)54/h9-19,27-30,37,39-40,49-50,54-55,66,68,74H,20-26H2,1-8H3,(H,59,69)(H,60,70)(H,61,71)/t27-,28-,29-,30-,37-,39-,40-,49+,54+,55-,58-/m0/s1. The van der Waals surface area contributed by atoms with Crippen LogP contribution in [0.2, 0.25) is 0 Å². The number of benzene rings is 4. The van der Waals surface area contributed by atoms with Crippen molar-refractivity contribution in [2.24, 2.45) is 0 Å². The van der Waals surface area contributed by atoms with Crippen LogP contribution in [0.4, 0.5) is 4.79 Å². The first-order chi connectivity index (χ1) is 38.7. The number of ketones is 2. The molecule has 0 bridgehead atoms. The molecule has 4 aromatic rings. The van der Waals surface area contributed by atoms with Crippen LogP contribution in [0.3, 0.4) is 0 Å². The first kappa shape index (κ1) is 56.8. The molecule has 3 saturated heterocycles. The number of ether oxygens (including phenoxy) is 7. The van der Waals surface area contributed by atoms with E-state index in [0.29, 0.717) is 13.2 Å². The Kier molecular flexibility index (Phi) is 15.7. The predicted molar refractivity (Wildman–Crippen MR) is 285 cm³/mol. The summed E-state index contributed by atoms with van der Waals surface area (Å²) in [6.07, 6.45) is -7.01. The number of phenols is 2. The maximum absolute atomic E-state index is 14.6. The molecule has 3 aliphatic carbocycles. The number of likely N-dealkylation sites (N-methyl/N-ethyl adjacent to an activating group) is 2. The maximum atomic E-state index is 14.6. The number of amides is 5. The summed E-state index contributed by atoms with van der Waals surface area (Å²) in [7, 11) is 5.65. The highest BCUT2D eigenvalue weighted by Crippen LogP contribution is 2.53. The van der Waals surface area contributed by atoms with Gasteiger partial charge in [0.1, 0.15) is 47.1 Å². The van der Waals surface area contributed by atoms with Gasteiger partial charge in [-0.2, -0.15) is 0 Å². The number of morpholine rings is 1. The molecule has 5 amide bonds. The van der Waals surface area contributed by atoms with Crippen molar-refractivity contribution in [2.45, 2.75) is 120 Å². The number of carbonyl (C=O) groups excluding carboxylic acids is 7. The van der Waals surface area contributed by atoms with Gasteiger partial charge < -0.3 is 69.3 Å². The summed E-state index contributed by atoms with van der Waals surface area (Å²) in [5.41, 5.74) is -0.378. The Morgan fingerprint density at radius 2 is 1.46 bits per heavy atom. The van der Waals surface area contributed by atoms with Crippen molar-refractivity contribution >= 4 is 41.3 Å². The first-order valence-electron chi connectivity index (χ1n) is 26.9. The molecule has 4 aromatic carbocycles. The Bertz CT molecular complexity index is 3160. The van der Waals surface area contributed by atoms with Gasteiger partial charge in [0, 0.05) is 94.0 Å². The second-order valence-corrected chi connectivity index (χ2v) is 21.4. The van der Waals surface area contributed by atoms with E-state index in [1.807, 2.05) is 48.5 Å². The number of nitrogens with one attached hydrogen (secondary N) is 3. The SMILES string of the molecule is COc1cccc2c1C(=O)c1c(O)c3c(c(O)c1C2=O)C[C@@](O)(C(=O)N(C)CCNC(=O)[C@H](C)NC(=O)[C@H](C)NC(=O)[C@H](C)N(C)C(=O)OC1c2ccccc2-c2ccccc21)C[C@@H]3O[C@H]1C[C@H]2[C@H](O[C@@H]3[C@@H](OC)OCCN32)[C@H](C)O1. The molecule has 0 unspecified atom stereocenters. The van der Waals surface area contributed by atoms with E-state index in [-0.39, 0.29) is 53.6 Å². The molecule has 6 aliphatic rings. The molecule has 0 aromatic heterocycles. The van der Waals surface area contributed by atoms with Gasteiger partial charge in [-0.3, -0.25) is 38.6 Å². The van der Waals surface area contributed by atoms with E-state index in [4.69, 9.17) is 33.2 Å². The number of carbonyl (C=O) groups is 7. The van der Waals surface area contributed by atoms with E-state index in [1.165, 1.54) is 67.3 Å². The van der Waals surface area contributed by atoms with Gasteiger partial charge in [-0.15, -0.1) is 0 Å². The van der Waals surface area contributed by atoms with Gasteiger partial charge >= 0.3 is 6.09 Å². The topological polar surface area (TPSA) is 291 Å². The van der Waals surface area contributed by atoms with Crippen LogP contribution in [0, 0.1) is 0 Å². The zero-order valence-electron chi connectivity index (χ0n) is 46.1. The zero-order valence-corrected chi connectivity index (χ0v) is 46.1. The fraction of sp³-hybridized carbons (Fsp3) is 0.466. The highest BCUT2D eigenvalue weighted by molar-refractivity contribution is 6.31. The van der Waals surface area contributed by atoms with Crippen LogP contribution in [-0.2, 0) is 54.0 Å². The van der Waals surface area contributed by atoms with Gasteiger partial charge in [0.25, 0.3) is 5.91 Å². The number of aliphatic hydroxyl groups is 1. The van der Waals surface area contributed by atoms with E-state index >= 15 is 0 Å². The summed E-state index contributed by atoms with van der Waals surface area (Å²) in [6.45, 7) is 6.68. The molecular formula is C58H66N6O17. The largest absolute Gasteiger partial charge is 0.507 e. The highest BCUT2D eigenvalue weighted by atomic mass is 16.7. The van der Waals surface area contributed by atoms with Crippen molar-refractivity contribution in [3.8, 4) is 28.4 Å². The fourth-order valence-corrected chi connectivity index (χ4v) is 12.0. The lowest BCUT2D eigenvalue weighted by molar-refractivity contribution is -0.256. The molecule has 0 radical (unpaired) electrons. The Balaban J connectivity index is 0.785. The molecule has 23 nitrogen and oxygen atoms in total. The minimum atomic E-state index is -2.37. The second kappa shape index (κ2) is 22.4. The second-order valence-electron chi connectivity index (χ2n) is 21.4. The van der Waals surface area contributed by atoms with Crippen LogP contribution in [0.1, 0.15) is 107 Å². The summed E-state index contributed by atoms with van der Waals surface area (Å²) in [5.74, 6) is -5.81. The average Bonchev–Trinajstić information content (AvgIpc) is 4.21. The van der Waals surface area contributed by atoms with E-state index in [2.05, 4.69) is 20.9 Å². The number of methoxy groups -OCH3 is 2. The molecule has 0 saturated carbocycles. The van der Waals surface area contributed by atoms with E-state index in [9.17, 15) is 48.9 Å². The molecule has 3 aliphatic heterocycles. The molecule has 23 heteroatoms. The minimum absolute atomic E-state index is 0.0696. The number of nitrogens with zero attached hydrogens (tertiary/aromatic N) is 3. The Morgan fingerprint density at radius 3 is 2.14 bits per heavy atom. The average molecular weight is 1120 g/mol. The lowest BCUT2D eigenvalue weighted by Crippen LogP contribution is -2.56. The summed E-state index contributed by atoms with van der Waals surface area (Å²) in [5, 5.41) is 44.7. The summed E-state index contributed by atoms with van der Waals surface area (Å²) in [6, 6.07) is 16.0. The third-order valence-electron chi connectivity index (χ3n) is 16.4. The minimum Gasteiger partial charge on any atom is -0.507 e. The van der Waals surface area contributed by atoms with Gasteiger partial charge in [-0.05, 0) is 44.9 Å². The summed E-state index contributed by atoms with van der Waals surface area (Å²) < 4.78 is 42.1. The van der Waals surface area contributed by atoms with Crippen molar-refractivity contribution in [3.05, 3.63) is 111 Å². The van der Waals surface area contributed by atoms with Crippen LogP contribution in [0.15, 0.2) is 66.7 Å². The molecule has 10 rings (SSSR count). The number of rotatable bonds is 15. The highest BCUT2D eigenvalue weighted by Gasteiger charge is 2.56. The van der Waals surface area contributed by atoms with Gasteiger partial charge in [-0.1, -0.05) is 60.7 Å². The number of phenolic OH excluding ortho intramolecular Hbond substituents is 2. The van der Waals surface area contributed by atoms with E-state index in [0.717, 1.165) is 32.1 Å². The van der Waals surface area contributed by atoms with Gasteiger partial charge in [0.05, 0.1) is 42.6 Å². The third kappa shape index (κ3) is 10.1. The number of hydrogen-bond acceptors (Lipinski definition) is 18. The van der Waals surface area contributed by atoms with Crippen LogP contribution < -0.4 is 20.7 Å². The molecule has 3 fully saturated rings. The molecule has 11 atom stereocenters. The van der Waals surface area contributed by atoms with Crippen LogP contribution in [0.25, 0.3) is 11.1 Å². The molecule has 6 N–H and O–H groups in total. The van der Waals surface area contributed by atoms with Crippen LogP contribution in [0.5, 0.6) is 17.2 Å². The lowest BCUT2D eigenvalue weighted by atomic mass is 9.72. The predicted octanol–water partition coefficient (Wildman–Crippen LogP) is 2.96. The smallest absolute Gasteiger partial charge is 0.411 e. The van der Waals surface area contributed by atoms with Crippen molar-refractivity contribution in [1.82, 2.24) is 30.7 Å². The Labute approximate surface area is 466 Å². The van der Waals surface area contributed by atoms with Crippen molar-refractivity contribution < 1.29 is 82.0 Å². The van der Waals surface area contributed by atoms with Crippen LogP contribution >= 0.6 is 0 Å². The van der Waals surface area contributed by atoms with Crippen molar-refractivity contribution in [1.29, 1.82) is 0 Å². The quantitative estimate of drug-likeness (QED) is 0.0822. The molecular weight excluding hydrogens is 1050 g/mol. The normalized spacial score (nSPS) is 25.5. The number of fused-ring (bicyclic) bond motifs is 9. The lowest BCUT2D eigenvalue weighted by Gasteiger charge is -2.44. The number of aromatic hydroxyl groups is 2. The number of hydrogen-bond donors (Lipinski definition) is 6. The van der Waals surface area contributed by atoms with Crippen molar-refractivity contribution in [2.75, 3.05) is 54.6 Å². The molecule has 0 spiro atoms. The van der Waals surface area contributed by atoms with Gasteiger partial charge in [0.15, 0.2) is 30.7 Å². The molecule has 3 heterocycles. The van der Waals surface area contributed by atoms with E-state index < -0.39 is 144 Å². The summed E-state index contributed by atoms with van der Waals surface area (Å²) in [4.78, 5) is 101. The van der Waals surface area contributed by atoms with Gasteiger partial charge in [-0.25, -0.2) is 4.79 Å². The first-order valence-corrected chi connectivity index (χ1v) is 26.9. The maximum Gasteiger partial charge on any atom is 0.411 e. The third-order valence-corrected chi connectivity index (χ3v) is 16.4. The van der Waals surface area contributed by atoms with Crippen molar-refractivity contribution in [3.63, 3.8) is 0 Å². The molecule has 81 heavy (non-hydrogen) atoms. The van der Waals surface area contributed by atoms with Crippen LogP contribution in [-0.4, -0.2) is 187 Å². The van der Waals surface area contributed by atoms with Gasteiger partial charge in [0.2, 0.25) is 23.5 Å². The summed E-state index contributed by atoms with van der Waals surface area (Å²) >= 11 is 0. The Morgan fingerprint density at radius 1 is 0.815 bits per heavy atom. The van der Waals surface area contributed by atoms with E-state index in [1.54, 1.807) is 6.92 Å².